The van der Waals surface area contributed by atoms with Gasteiger partial charge in [-0.25, -0.2) is 4.79 Å². The van der Waals surface area contributed by atoms with Crippen molar-refractivity contribution >= 4 is 17.8 Å². The van der Waals surface area contributed by atoms with Crippen LogP contribution in [-0.4, -0.2) is 47.6 Å². The van der Waals surface area contributed by atoms with Gasteiger partial charge in [-0.3, -0.25) is 9.59 Å². The van der Waals surface area contributed by atoms with Crippen LogP contribution in [0.2, 0.25) is 0 Å². The number of hydrogen-bond acceptors (Lipinski definition) is 5. The average molecular weight is 373 g/mol. The molecule has 0 fully saturated rings. The second-order valence-corrected chi connectivity index (χ2v) is 7.29. The van der Waals surface area contributed by atoms with Crippen molar-refractivity contribution in [3.8, 4) is 0 Å². The van der Waals surface area contributed by atoms with Gasteiger partial charge in [0.2, 0.25) is 11.8 Å². The Morgan fingerprint density at radius 3 is 2.12 bits per heavy atom. The summed E-state index contributed by atoms with van der Waals surface area (Å²) in [6, 6.07) is -2.52. The summed E-state index contributed by atoms with van der Waals surface area (Å²) in [7, 11) is 0. The number of nitrogens with two attached hydrogens (primary N) is 2. The number of carboxylic acids is 1. The van der Waals surface area contributed by atoms with Crippen molar-refractivity contribution in [1.82, 2.24) is 10.6 Å². The minimum absolute atomic E-state index is 0.222. The predicted molar refractivity (Wildman–Crippen MR) is 101 cm³/mol. The van der Waals surface area contributed by atoms with E-state index in [-0.39, 0.29) is 11.8 Å². The van der Waals surface area contributed by atoms with Gasteiger partial charge in [0.25, 0.3) is 0 Å². The van der Waals surface area contributed by atoms with Crippen LogP contribution in [-0.2, 0) is 14.4 Å². The monoisotopic (exact) mass is 372 g/mol. The largest absolute Gasteiger partial charge is 0.480 e. The van der Waals surface area contributed by atoms with E-state index in [1.54, 1.807) is 6.92 Å². The quantitative estimate of drug-likeness (QED) is 0.299. The highest BCUT2D eigenvalue weighted by Crippen LogP contribution is 2.10. The molecule has 0 aliphatic carbocycles. The Kier molecular flexibility index (Phi) is 11.8. The van der Waals surface area contributed by atoms with Crippen LogP contribution in [0.15, 0.2) is 0 Å². The highest BCUT2D eigenvalue weighted by atomic mass is 16.4. The third-order valence-corrected chi connectivity index (χ3v) is 4.42. The number of aliphatic carboxylic acids is 1. The van der Waals surface area contributed by atoms with Gasteiger partial charge in [-0.1, -0.05) is 34.1 Å². The SMILES string of the molecule is CC[C@H](C)[C@H](NC(=O)[C@H](CCCCN)NC(=O)[C@@H](N)CC(C)C)C(=O)O. The lowest BCUT2D eigenvalue weighted by atomic mass is 9.98. The molecule has 0 aliphatic heterocycles. The van der Waals surface area contributed by atoms with Gasteiger partial charge in [-0.15, -0.1) is 0 Å². The van der Waals surface area contributed by atoms with E-state index in [0.29, 0.717) is 38.6 Å². The summed E-state index contributed by atoms with van der Waals surface area (Å²) in [5, 5.41) is 14.6. The fourth-order valence-corrected chi connectivity index (χ4v) is 2.59. The van der Waals surface area contributed by atoms with Crippen molar-refractivity contribution in [3.63, 3.8) is 0 Å². The Balaban J connectivity index is 5.06. The van der Waals surface area contributed by atoms with Crippen molar-refractivity contribution in [2.75, 3.05) is 6.54 Å². The molecule has 4 atom stereocenters. The minimum Gasteiger partial charge on any atom is -0.480 e. The first-order valence-corrected chi connectivity index (χ1v) is 9.43. The molecular weight excluding hydrogens is 336 g/mol. The summed E-state index contributed by atoms with van der Waals surface area (Å²) in [6.45, 7) is 8.03. The standard InChI is InChI=1S/C18H36N4O4/c1-5-12(4)15(18(25)26)22-17(24)14(8-6-7-9-19)21-16(23)13(20)10-11(2)3/h11-15H,5-10,19-20H2,1-4H3,(H,21,23)(H,22,24)(H,25,26)/t12-,13-,14-,15-/m0/s1. The van der Waals surface area contributed by atoms with Crippen LogP contribution in [0.25, 0.3) is 0 Å². The highest BCUT2D eigenvalue weighted by molar-refractivity contribution is 5.91. The van der Waals surface area contributed by atoms with Gasteiger partial charge < -0.3 is 27.2 Å². The molecule has 0 aromatic rings. The van der Waals surface area contributed by atoms with Crippen LogP contribution < -0.4 is 22.1 Å². The molecular formula is C18H36N4O4. The Hall–Kier alpha value is -1.67. The van der Waals surface area contributed by atoms with Gasteiger partial charge in [0, 0.05) is 0 Å². The average Bonchev–Trinajstić information content (AvgIpc) is 2.56. The third kappa shape index (κ3) is 9.15. The lowest BCUT2D eigenvalue weighted by Gasteiger charge is -2.25. The summed E-state index contributed by atoms with van der Waals surface area (Å²) in [5.41, 5.74) is 11.4. The van der Waals surface area contributed by atoms with Crippen molar-refractivity contribution in [2.45, 2.75) is 77.9 Å². The molecule has 0 bridgehead atoms. The zero-order chi connectivity index (χ0) is 20.3. The first-order valence-electron chi connectivity index (χ1n) is 9.43. The summed E-state index contributed by atoms with van der Waals surface area (Å²) in [6.07, 6.45) is 2.87. The van der Waals surface area contributed by atoms with E-state index in [2.05, 4.69) is 10.6 Å². The molecule has 26 heavy (non-hydrogen) atoms. The number of nitrogens with one attached hydrogen (secondary N) is 2. The van der Waals surface area contributed by atoms with Gasteiger partial charge in [-0.2, -0.15) is 0 Å². The van der Waals surface area contributed by atoms with Crippen molar-refractivity contribution in [2.24, 2.45) is 23.3 Å². The fourth-order valence-electron chi connectivity index (χ4n) is 2.59. The number of amides is 2. The maximum atomic E-state index is 12.6. The molecule has 0 unspecified atom stereocenters. The summed E-state index contributed by atoms with van der Waals surface area (Å²) >= 11 is 0. The number of rotatable bonds is 13. The van der Waals surface area contributed by atoms with E-state index in [0.717, 1.165) is 0 Å². The van der Waals surface area contributed by atoms with Crippen LogP contribution in [0, 0.1) is 11.8 Å². The lowest BCUT2D eigenvalue weighted by Crippen LogP contribution is -2.55. The van der Waals surface area contributed by atoms with Gasteiger partial charge in [0.1, 0.15) is 12.1 Å². The molecule has 8 heteroatoms. The van der Waals surface area contributed by atoms with Gasteiger partial charge in [-0.05, 0) is 44.1 Å². The molecule has 0 aromatic carbocycles. The zero-order valence-electron chi connectivity index (χ0n) is 16.5. The van der Waals surface area contributed by atoms with Crippen molar-refractivity contribution < 1.29 is 19.5 Å². The number of unbranched alkanes of at least 4 members (excludes halogenated alkanes) is 1. The molecule has 152 valence electrons. The Bertz CT molecular complexity index is 456. The molecule has 0 rings (SSSR count). The molecule has 7 N–H and O–H groups in total. The topological polar surface area (TPSA) is 148 Å². The second-order valence-electron chi connectivity index (χ2n) is 7.29. The van der Waals surface area contributed by atoms with E-state index >= 15 is 0 Å². The molecule has 0 spiro atoms. The Labute approximate surface area is 156 Å². The maximum Gasteiger partial charge on any atom is 0.326 e. The molecule has 8 nitrogen and oxygen atoms in total. The van der Waals surface area contributed by atoms with Crippen molar-refractivity contribution in [3.05, 3.63) is 0 Å². The Morgan fingerprint density at radius 1 is 1.04 bits per heavy atom. The third-order valence-electron chi connectivity index (χ3n) is 4.42. The molecule has 0 radical (unpaired) electrons. The van der Waals surface area contributed by atoms with Crippen LogP contribution in [0.4, 0.5) is 0 Å². The minimum atomic E-state index is -1.09. The van der Waals surface area contributed by atoms with E-state index in [9.17, 15) is 19.5 Å². The number of hydrogen-bond donors (Lipinski definition) is 5. The summed E-state index contributed by atoms with van der Waals surface area (Å²) in [5.74, 6) is -1.96. The maximum absolute atomic E-state index is 12.6. The van der Waals surface area contributed by atoms with Crippen LogP contribution >= 0.6 is 0 Å². The fraction of sp³-hybridized carbons (Fsp3) is 0.833. The number of carboxylic acid groups (broad SMARTS) is 1. The summed E-state index contributed by atoms with van der Waals surface area (Å²) in [4.78, 5) is 36.3. The van der Waals surface area contributed by atoms with Gasteiger partial charge in [0.05, 0.1) is 6.04 Å². The first kappa shape index (κ1) is 24.3. The van der Waals surface area contributed by atoms with Crippen LogP contribution in [0.3, 0.4) is 0 Å². The highest BCUT2D eigenvalue weighted by Gasteiger charge is 2.30. The number of carbonyl (C=O) groups excluding carboxylic acids is 2. The van der Waals surface area contributed by atoms with Gasteiger partial charge in [0.15, 0.2) is 0 Å². The summed E-state index contributed by atoms with van der Waals surface area (Å²) < 4.78 is 0. The van der Waals surface area contributed by atoms with E-state index in [4.69, 9.17) is 11.5 Å². The smallest absolute Gasteiger partial charge is 0.326 e. The van der Waals surface area contributed by atoms with E-state index in [1.165, 1.54) is 0 Å². The van der Waals surface area contributed by atoms with E-state index < -0.39 is 35.9 Å². The molecule has 0 heterocycles. The normalized spacial score (nSPS) is 15.8. The molecule has 0 saturated carbocycles. The molecule has 0 aliphatic rings. The molecule has 0 aromatic heterocycles. The predicted octanol–water partition coefficient (Wildman–Crippen LogP) is 0.589. The second kappa shape index (κ2) is 12.6. The number of carbonyl (C=O) groups is 3. The lowest BCUT2D eigenvalue weighted by molar-refractivity contribution is -0.143. The zero-order valence-corrected chi connectivity index (χ0v) is 16.5. The first-order chi connectivity index (χ1) is 12.1. The van der Waals surface area contributed by atoms with Crippen molar-refractivity contribution in [1.29, 1.82) is 0 Å². The molecule has 2 amide bonds. The van der Waals surface area contributed by atoms with Crippen LogP contribution in [0.1, 0.15) is 59.8 Å². The van der Waals surface area contributed by atoms with Crippen LogP contribution in [0.5, 0.6) is 0 Å². The van der Waals surface area contributed by atoms with Gasteiger partial charge >= 0.3 is 5.97 Å². The van der Waals surface area contributed by atoms with E-state index in [1.807, 2.05) is 20.8 Å². The Morgan fingerprint density at radius 2 is 1.65 bits per heavy atom. The molecule has 0 saturated heterocycles.